The molecule has 0 spiro atoms. The smallest absolute Gasteiger partial charge is 0.111 e. The lowest BCUT2D eigenvalue weighted by atomic mass is 9.90. The van der Waals surface area contributed by atoms with Crippen LogP contribution in [0.1, 0.15) is 60.1 Å². The van der Waals surface area contributed by atoms with Gasteiger partial charge in [0.05, 0.1) is 0 Å². The summed E-state index contributed by atoms with van der Waals surface area (Å²) >= 11 is 0. The highest BCUT2D eigenvalue weighted by Gasteiger charge is 2.36. The molecule has 0 fully saturated rings. The normalized spacial score (nSPS) is 23.2. The molecule has 2 aromatic rings. The molecule has 2 aliphatic carbocycles. The SMILES string of the molecule is O=[P+](OC1CCCc2ccccc21)OC1CCCc2ccccc21. The molecule has 2 aliphatic rings. The van der Waals surface area contributed by atoms with Gasteiger partial charge in [-0.3, -0.25) is 0 Å². The van der Waals surface area contributed by atoms with Gasteiger partial charge in [-0.05, 0) is 60.8 Å². The molecular formula is C20H22O3P+. The average Bonchev–Trinajstić information content (AvgIpc) is 2.62. The molecule has 0 amide bonds. The molecule has 24 heavy (non-hydrogen) atoms. The minimum absolute atomic E-state index is 0.114. The first-order valence-electron chi connectivity index (χ1n) is 8.77. The summed E-state index contributed by atoms with van der Waals surface area (Å²) in [5.74, 6) is 0. The average molecular weight is 341 g/mol. The van der Waals surface area contributed by atoms with Crippen molar-refractivity contribution in [2.24, 2.45) is 0 Å². The van der Waals surface area contributed by atoms with Gasteiger partial charge in [0, 0.05) is 4.57 Å². The Morgan fingerprint density at radius 3 is 1.71 bits per heavy atom. The van der Waals surface area contributed by atoms with E-state index in [2.05, 4.69) is 36.4 Å². The van der Waals surface area contributed by atoms with Gasteiger partial charge in [0.1, 0.15) is 12.2 Å². The van der Waals surface area contributed by atoms with Crippen molar-refractivity contribution in [2.75, 3.05) is 0 Å². The van der Waals surface area contributed by atoms with Crippen LogP contribution in [0.5, 0.6) is 0 Å². The number of fused-ring (bicyclic) bond motifs is 2. The Hall–Kier alpha value is -1.54. The molecule has 4 rings (SSSR count). The van der Waals surface area contributed by atoms with Gasteiger partial charge in [-0.25, -0.2) is 0 Å². The Morgan fingerprint density at radius 2 is 1.21 bits per heavy atom. The molecule has 0 bridgehead atoms. The van der Waals surface area contributed by atoms with Gasteiger partial charge in [0.15, 0.2) is 0 Å². The fraction of sp³-hybridized carbons (Fsp3) is 0.400. The van der Waals surface area contributed by atoms with E-state index in [1.807, 2.05) is 12.1 Å². The van der Waals surface area contributed by atoms with Gasteiger partial charge < -0.3 is 0 Å². The molecule has 2 aromatic carbocycles. The maximum Gasteiger partial charge on any atom is 0.698 e. The van der Waals surface area contributed by atoms with Gasteiger partial charge in [0.2, 0.25) is 0 Å². The first-order valence-corrected chi connectivity index (χ1v) is 9.87. The molecular weight excluding hydrogens is 319 g/mol. The highest BCUT2D eigenvalue weighted by Crippen LogP contribution is 2.45. The van der Waals surface area contributed by atoms with Crippen molar-refractivity contribution in [1.29, 1.82) is 0 Å². The van der Waals surface area contributed by atoms with Crippen molar-refractivity contribution >= 4 is 8.25 Å². The minimum atomic E-state index is -2.13. The van der Waals surface area contributed by atoms with Gasteiger partial charge in [-0.1, -0.05) is 48.5 Å². The van der Waals surface area contributed by atoms with Gasteiger partial charge in [-0.15, -0.1) is 9.05 Å². The summed E-state index contributed by atoms with van der Waals surface area (Å²) in [5, 5.41) is 0. The standard InChI is InChI=1S/C20H22O3P/c21-24(22-19-13-5-9-15-7-1-3-11-17(15)19)23-20-14-6-10-16-8-2-4-12-18(16)20/h1-4,7-8,11-12,19-20H,5-6,9-10,13-14H2/q+1. The van der Waals surface area contributed by atoms with Crippen molar-refractivity contribution in [3.63, 3.8) is 0 Å². The van der Waals surface area contributed by atoms with E-state index in [1.54, 1.807) is 0 Å². The zero-order valence-electron chi connectivity index (χ0n) is 13.7. The molecule has 3 nitrogen and oxygen atoms in total. The fourth-order valence-corrected chi connectivity index (χ4v) is 4.77. The largest absolute Gasteiger partial charge is 0.698 e. The fourth-order valence-electron chi connectivity index (χ4n) is 3.87. The summed E-state index contributed by atoms with van der Waals surface area (Å²) in [6, 6.07) is 16.6. The van der Waals surface area contributed by atoms with Crippen molar-refractivity contribution in [1.82, 2.24) is 0 Å². The molecule has 0 aliphatic heterocycles. The summed E-state index contributed by atoms with van der Waals surface area (Å²) < 4.78 is 24.1. The Morgan fingerprint density at radius 1 is 0.750 bits per heavy atom. The van der Waals surface area contributed by atoms with Crippen LogP contribution in [0.2, 0.25) is 0 Å². The molecule has 2 unspecified atom stereocenters. The molecule has 2 atom stereocenters. The van der Waals surface area contributed by atoms with E-state index in [9.17, 15) is 4.57 Å². The van der Waals surface area contributed by atoms with Crippen LogP contribution in [0.3, 0.4) is 0 Å². The summed E-state index contributed by atoms with van der Waals surface area (Å²) in [5.41, 5.74) is 4.94. The number of rotatable bonds is 4. The number of hydrogen-bond donors (Lipinski definition) is 0. The third-order valence-electron chi connectivity index (χ3n) is 5.06. The molecule has 0 saturated carbocycles. The molecule has 0 aromatic heterocycles. The Bertz CT molecular complexity index is 682. The van der Waals surface area contributed by atoms with Gasteiger partial charge in [0.25, 0.3) is 0 Å². The third kappa shape index (κ3) is 3.30. The quantitative estimate of drug-likeness (QED) is 0.656. The van der Waals surface area contributed by atoms with Crippen LogP contribution in [-0.4, -0.2) is 0 Å². The van der Waals surface area contributed by atoms with Crippen LogP contribution >= 0.6 is 8.25 Å². The number of aryl methyl sites for hydroxylation is 2. The van der Waals surface area contributed by atoms with E-state index in [1.165, 1.54) is 22.3 Å². The first kappa shape index (κ1) is 16.0. The second-order valence-corrected chi connectivity index (χ2v) is 7.46. The van der Waals surface area contributed by atoms with E-state index in [0.717, 1.165) is 38.5 Å². The van der Waals surface area contributed by atoms with Crippen LogP contribution < -0.4 is 0 Å². The van der Waals surface area contributed by atoms with Crippen molar-refractivity contribution in [3.8, 4) is 0 Å². The molecule has 124 valence electrons. The van der Waals surface area contributed by atoms with E-state index >= 15 is 0 Å². The Balaban J connectivity index is 1.45. The van der Waals surface area contributed by atoms with Crippen LogP contribution in [0.15, 0.2) is 48.5 Å². The number of benzene rings is 2. The van der Waals surface area contributed by atoms with Gasteiger partial charge in [-0.2, -0.15) is 0 Å². The number of hydrogen-bond acceptors (Lipinski definition) is 3. The van der Waals surface area contributed by atoms with Crippen LogP contribution in [-0.2, 0) is 26.5 Å². The summed E-state index contributed by atoms with van der Waals surface area (Å²) in [6.07, 6.45) is 5.86. The third-order valence-corrected chi connectivity index (χ3v) is 5.91. The van der Waals surface area contributed by atoms with Crippen molar-refractivity contribution < 1.29 is 13.6 Å². The summed E-state index contributed by atoms with van der Waals surface area (Å²) in [6.45, 7) is 0. The lowest BCUT2D eigenvalue weighted by Crippen LogP contribution is -2.13. The minimum Gasteiger partial charge on any atom is -0.111 e. The van der Waals surface area contributed by atoms with E-state index < -0.39 is 8.25 Å². The first-order chi connectivity index (χ1) is 11.8. The zero-order chi connectivity index (χ0) is 16.4. The molecule has 0 N–H and O–H groups in total. The monoisotopic (exact) mass is 341 g/mol. The Labute approximate surface area is 144 Å². The zero-order valence-corrected chi connectivity index (χ0v) is 14.6. The summed E-state index contributed by atoms with van der Waals surface area (Å²) in [7, 11) is -2.13. The highest BCUT2D eigenvalue weighted by atomic mass is 31.1. The van der Waals surface area contributed by atoms with Crippen molar-refractivity contribution in [2.45, 2.75) is 50.7 Å². The van der Waals surface area contributed by atoms with Crippen LogP contribution in [0, 0.1) is 0 Å². The Kier molecular flexibility index (Phi) is 4.75. The second kappa shape index (κ2) is 7.14. The maximum absolute atomic E-state index is 12.5. The predicted molar refractivity (Wildman–Crippen MR) is 94.0 cm³/mol. The topological polar surface area (TPSA) is 35.5 Å². The van der Waals surface area contributed by atoms with E-state index in [-0.39, 0.29) is 12.2 Å². The molecule has 0 saturated heterocycles. The van der Waals surface area contributed by atoms with Crippen LogP contribution in [0.4, 0.5) is 0 Å². The molecule has 0 radical (unpaired) electrons. The predicted octanol–water partition coefficient (Wildman–Crippen LogP) is 5.83. The van der Waals surface area contributed by atoms with Gasteiger partial charge >= 0.3 is 8.25 Å². The highest BCUT2D eigenvalue weighted by molar-refractivity contribution is 7.33. The second-order valence-electron chi connectivity index (χ2n) is 6.59. The van der Waals surface area contributed by atoms with Crippen LogP contribution in [0.25, 0.3) is 0 Å². The van der Waals surface area contributed by atoms with E-state index in [4.69, 9.17) is 9.05 Å². The lowest BCUT2D eigenvalue weighted by molar-refractivity contribution is 0.112. The summed E-state index contributed by atoms with van der Waals surface area (Å²) in [4.78, 5) is 0. The van der Waals surface area contributed by atoms with E-state index in [0.29, 0.717) is 0 Å². The lowest BCUT2D eigenvalue weighted by Gasteiger charge is -2.22. The van der Waals surface area contributed by atoms with Crippen molar-refractivity contribution in [3.05, 3.63) is 70.8 Å². The molecule has 4 heteroatoms. The maximum atomic E-state index is 12.5. The molecule has 0 heterocycles.